The summed E-state index contributed by atoms with van der Waals surface area (Å²) in [6, 6.07) is 6.88. The quantitative estimate of drug-likeness (QED) is 0.555. The van der Waals surface area contributed by atoms with Crippen molar-refractivity contribution in [3.8, 4) is 0 Å². The summed E-state index contributed by atoms with van der Waals surface area (Å²) in [5.74, 6) is -1.08. The minimum Gasteiger partial charge on any atom is -0.480 e. The summed E-state index contributed by atoms with van der Waals surface area (Å²) in [7, 11) is 0. The number of nitrogens with one attached hydrogen (secondary N) is 2. The van der Waals surface area contributed by atoms with Crippen LogP contribution < -0.4 is 10.6 Å². The largest absolute Gasteiger partial charge is 0.480 e. The number of aliphatic carboxylic acids is 1. The monoisotopic (exact) mass is 392 g/mol. The van der Waals surface area contributed by atoms with Gasteiger partial charge < -0.3 is 20.5 Å². The van der Waals surface area contributed by atoms with Crippen molar-refractivity contribution in [2.45, 2.75) is 84.4 Å². The maximum Gasteiger partial charge on any atom is 0.408 e. The number of unbranched alkanes of at least 4 members (excludes halogenated alkanes) is 1. The molecule has 0 fully saturated rings. The molecule has 0 aliphatic heterocycles. The first-order valence-electron chi connectivity index (χ1n) is 9.91. The van der Waals surface area contributed by atoms with E-state index in [2.05, 4.69) is 31.4 Å². The minimum atomic E-state index is -1.08. The zero-order chi connectivity index (χ0) is 21.4. The molecule has 0 spiro atoms. The van der Waals surface area contributed by atoms with Gasteiger partial charge >= 0.3 is 12.1 Å². The summed E-state index contributed by atoms with van der Waals surface area (Å²) in [4.78, 5) is 23.3. The third kappa shape index (κ3) is 10.9. The van der Waals surface area contributed by atoms with Crippen LogP contribution in [0.25, 0.3) is 0 Å². The molecule has 1 rings (SSSR count). The van der Waals surface area contributed by atoms with Crippen molar-refractivity contribution in [3.63, 3.8) is 0 Å². The van der Waals surface area contributed by atoms with Crippen molar-refractivity contribution in [2.75, 3.05) is 6.54 Å². The van der Waals surface area contributed by atoms with E-state index in [1.165, 1.54) is 5.56 Å². The van der Waals surface area contributed by atoms with Gasteiger partial charge in [0.15, 0.2) is 0 Å². The lowest BCUT2D eigenvalue weighted by Crippen LogP contribution is -2.44. The molecular formula is C22H36N2O4. The van der Waals surface area contributed by atoms with Gasteiger partial charge in [-0.2, -0.15) is 0 Å². The van der Waals surface area contributed by atoms with Crippen LogP contribution in [0.5, 0.6) is 0 Å². The number of ether oxygens (including phenoxy) is 1. The molecule has 0 bridgehead atoms. The van der Waals surface area contributed by atoms with Crippen LogP contribution in [0.4, 0.5) is 4.79 Å². The Bertz CT molecular complexity index is 627. The zero-order valence-electron chi connectivity index (χ0n) is 18.1. The minimum absolute atomic E-state index is 0.148. The number of carbonyl (C=O) groups is 2. The Morgan fingerprint density at radius 3 is 2.07 bits per heavy atom. The van der Waals surface area contributed by atoms with Gasteiger partial charge in [0.2, 0.25) is 0 Å². The van der Waals surface area contributed by atoms with Crippen molar-refractivity contribution >= 4 is 12.1 Å². The number of hydrogen-bond donors (Lipinski definition) is 3. The number of hydrogen-bond acceptors (Lipinski definition) is 4. The molecule has 3 N–H and O–H groups in total. The third-order valence-electron chi connectivity index (χ3n) is 4.00. The second kappa shape index (κ2) is 10.5. The van der Waals surface area contributed by atoms with Gasteiger partial charge in [0, 0.05) is 12.0 Å². The molecule has 6 heteroatoms. The number of benzene rings is 1. The normalized spacial score (nSPS) is 13.1. The van der Waals surface area contributed by atoms with Crippen molar-refractivity contribution in [2.24, 2.45) is 0 Å². The maximum absolute atomic E-state index is 11.8. The van der Waals surface area contributed by atoms with Crippen LogP contribution in [0, 0.1) is 0 Å². The molecule has 0 aliphatic rings. The fourth-order valence-electron chi connectivity index (χ4n) is 2.65. The molecule has 0 aliphatic carbocycles. The fraction of sp³-hybridized carbons (Fsp3) is 0.636. The Morgan fingerprint density at radius 2 is 1.57 bits per heavy atom. The zero-order valence-corrected chi connectivity index (χ0v) is 18.1. The Hall–Kier alpha value is -2.08. The summed E-state index contributed by atoms with van der Waals surface area (Å²) in [5.41, 5.74) is 1.57. The highest BCUT2D eigenvalue weighted by Gasteiger charge is 2.24. The van der Waals surface area contributed by atoms with Gasteiger partial charge in [0.25, 0.3) is 0 Å². The smallest absolute Gasteiger partial charge is 0.408 e. The molecule has 0 radical (unpaired) electrons. The van der Waals surface area contributed by atoms with E-state index in [0.717, 1.165) is 31.4 Å². The van der Waals surface area contributed by atoms with Gasteiger partial charge in [-0.25, -0.2) is 9.59 Å². The van der Waals surface area contributed by atoms with E-state index in [4.69, 9.17) is 4.74 Å². The molecule has 0 saturated heterocycles. The Morgan fingerprint density at radius 1 is 1.00 bits per heavy atom. The lowest BCUT2D eigenvalue weighted by molar-refractivity contribution is -0.139. The summed E-state index contributed by atoms with van der Waals surface area (Å²) in [6.45, 7) is 12.7. The van der Waals surface area contributed by atoms with E-state index in [9.17, 15) is 14.7 Å². The SMILES string of the molecule is CC(C)(C)NCCCCc1ccc(CC(NC(=O)OC(C)(C)C)C(=O)O)cc1. The summed E-state index contributed by atoms with van der Waals surface area (Å²) < 4.78 is 5.14. The average Bonchev–Trinajstić information content (AvgIpc) is 2.52. The van der Waals surface area contributed by atoms with Gasteiger partial charge in [-0.05, 0) is 78.5 Å². The van der Waals surface area contributed by atoms with Crippen LogP contribution in [-0.2, 0) is 22.4 Å². The summed E-state index contributed by atoms with van der Waals surface area (Å²) in [6.07, 6.45) is 2.69. The number of carboxylic acid groups (broad SMARTS) is 1. The van der Waals surface area contributed by atoms with Crippen molar-refractivity contribution < 1.29 is 19.4 Å². The van der Waals surface area contributed by atoms with Crippen molar-refractivity contribution in [1.29, 1.82) is 0 Å². The van der Waals surface area contributed by atoms with Gasteiger partial charge in [0.05, 0.1) is 0 Å². The number of rotatable bonds is 9. The van der Waals surface area contributed by atoms with Gasteiger partial charge in [-0.1, -0.05) is 24.3 Å². The molecule has 158 valence electrons. The maximum atomic E-state index is 11.8. The molecule has 1 aromatic carbocycles. The highest BCUT2D eigenvalue weighted by Crippen LogP contribution is 2.12. The first kappa shape index (κ1) is 24.0. The van der Waals surface area contributed by atoms with Crippen molar-refractivity contribution in [1.82, 2.24) is 10.6 Å². The van der Waals surface area contributed by atoms with E-state index < -0.39 is 23.7 Å². The summed E-state index contributed by atoms with van der Waals surface area (Å²) >= 11 is 0. The van der Waals surface area contributed by atoms with E-state index in [-0.39, 0.29) is 12.0 Å². The molecule has 1 atom stereocenters. The second-order valence-electron chi connectivity index (χ2n) is 9.19. The Balaban J connectivity index is 2.50. The first-order chi connectivity index (χ1) is 12.9. The molecule has 1 unspecified atom stereocenters. The van der Waals surface area contributed by atoms with Gasteiger partial charge in [0.1, 0.15) is 11.6 Å². The van der Waals surface area contributed by atoms with Crippen LogP contribution in [-0.4, -0.2) is 40.9 Å². The first-order valence-corrected chi connectivity index (χ1v) is 9.91. The van der Waals surface area contributed by atoms with Crippen molar-refractivity contribution in [3.05, 3.63) is 35.4 Å². The molecule has 6 nitrogen and oxygen atoms in total. The van der Waals surface area contributed by atoms with E-state index in [0.29, 0.717) is 0 Å². The molecule has 0 heterocycles. The van der Waals surface area contributed by atoms with Crippen LogP contribution in [0.1, 0.15) is 65.5 Å². The third-order valence-corrected chi connectivity index (χ3v) is 4.00. The average molecular weight is 393 g/mol. The second-order valence-corrected chi connectivity index (χ2v) is 9.19. The van der Waals surface area contributed by atoms with Gasteiger partial charge in [-0.15, -0.1) is 0 Å². The van der Waals surface area contributed by atoms with E-state index >= 15 is 0 Å². The van der Waals surface area contributed by atoms with E-state index in [1.54, 1.807) is 20.8 Å². The highest BCUT2D eigenvalue weighted by molar-refractivity contribution is 5.80. The highest BCUT2D eigenvalue weighted by atomic mass is 16.6. The van der Waals surface area contributed by atoms with Crippen LogP contribution in [0.2, 0.25) is 0 Å². The number of carboxylic acids is 1. The number of carbonyl (C=O) groups excluding carboxylic acids is 1. The Labute approximate surface area is 169 Å². The summed E-state index contributed by atoms with van der Waals surface area (Å²) in [5, 5.41) is 15.3. The Kier molecular flexibility index (Phi) is 8.95. The fourth-order valence-corrected chi connectivity index (χ4v) is 2.65. The molecular weight excluding hydrogens is 356 g/mol. The topological polar surface area (TPSA) is 87.7 Å². The predicted octanol–water partition coefficient (Wildman–Crippen LogP) is 3.92. The number of amides is 1. The molecule has 28 heavy (non-hydrogen) atoms. The van der Waals surface area contributed by atoms with Crippen LogP contribution in [0.3, 0.4) is 0 Å². The molecule has 1 amide bonds. The molecule has 1 aromatic rings. The lowest BCUT2D eigenvalue weighted by Gasteiger charge is -2.22. The number of aryl methyl sites for hydroxylation is 1. The van der Waals surface area contributed by atoms with Crippen LogP contribution in [0.15, 0.2) is 24.3 Å². The van der Waals surface area contributed by atoms with E-state index in [1.807, 2.05) is 24.3 Å². The standard InChI is InChI=1S/C22H36N2O4/c1-21(2,3)23-14-8-7-9-16-10-12-17(13-11-16)15-18(19(25)26)24-20(27)28-22(4,5)6/h10-13,18,23H,7-9,14-15H2,1-6H3,(H,24,27)(H,25,26). The lowest BCUT2D eigenvalue weighted by atomic mass is 10.0. The predicted molar refractivity (Wildman–Crippen MR) is 112 cm³/mol. The number of alkyl carbamates (subject to hydrolysis) is 1. The molecule has 0 aromatic heterocycles. The van der Waals surface area contributed by atoms with Gasteiger partial charge in [-0.3, -0.25) is 0 Å². The van der Waals surface area contributed by atoms with Crippen LogP contribution >= 0.6 is 0 Å². The molecule has 0 saturated carbocycles.